The van der Waals surface area contributed by atoms with Gasteiger partial charge in [0.1, 0.15) is 0 Å². The number of thiol groups is 2. The molecule has 0 aliphatic carbocycles. The Hall–Kier alpha value is 1.27. The van der Waals surface area contributed by atoms with Crippen LogP contribution in [-0.4, -0.2) is 11.9 Å². The lowest BCUT2D eigenvalue weighted by Gasteiger charge is -2.03. The van der Waals surface area contributed by atoms with Crippen molar-refractivity contribution in [1.82, 2.24) is 0 Å². The van der Waals surface area contributed by atoms with Gasteiger partial charge in [-0.15, -0.1) is 0 Å². The Labute approximate surface area is 61.5 Å². The maximum atomic E-state index is 4.10. The predicted molar refractivity (Wildman–Crippen MR) is 48.2 cm³/mol. The van der Waals surface area contributed by atoms with E-state index in [0.29, 0.717) is 0 Å². The molecule has 0 amide bonds. The Morgan fingerprint density at radius 3 is 1.86 bits per heavy atom. The van der Waals surface area contributed by atoms with E-state index in [2.05, 4.69) is 38.4 Å². The molecule has 7 heavy (non-hydrogen) atoms. The third kappa shape index (κ3) is 7.27. The van der Waals surface area contributed by atoms with Gasteiger partial charge in [0.25, 0.3) is 0 Å². The molecule has 0 radical (unpaired) electrons. The fraction of sp³-hybridized carbons (Fsp3) is 1.00. The predicted octanol–water partition coefficient (Wildman–Crippen LogP) is 1.85. The second-order valence-corrected chi connectivity index (χ2v) is 10.1. The van der Waals surface area contributed by atoms with Crippen molar-refractivity contribution in [2.75, 3.05) is 0 Å². The SMILES string of the molecule is C[SiH](C)SC(S)S. The lowest BCUT2D eigenvalue weighted by molar-refractivity contribution is 2.07. The molecular weight excluding hydrogens is 160 g/mol. The van der Waals surface area contributed by atoms with E-state index in [-0.39, 0.29) is 3.91 Å². The van der Waals surface area contributed by atoms with Crippen molar-refractivity contribution >= 4 is 44.4 Å². The Morgan fingerprint density at radius 1 is 1.43 bits per heavy atom. The first-order chi connectivity index (χ1) is 3.13. The molecule has 44 valence electrons. The van der Waals surface area contributed by atoms with Gasteiger partial charge in [-0.3, -0.25) is 0 Å². The highest BCUT2D eigenvalue weighted by atomic mass is 32.4. The molecule has 4 heteroatoms. The summed E-state index contributed by atoms with van der Waals surface area (Å²) in [6.07, 6.45) is 0. The van der Waals surface area contributed by atoms with E-state index in [1.54, 1.807) is 0 Å². The van der Waals surface area contributed by atoms with E-state index in [0.717, 1.165) is 0 Å². The van der Waals surface area contributed by atoms with Gasteiger partial charge >= 0.3 is 0 Å². The first kappa shape index (κ1) is 8.27. The van der Waals surface area contributed by atoms with Gasteiger partial charge in [-0.25, -0.2) is 0 Å². The van der Waals surface area contributed by atoms with E-state index in [9.17, 15) is 0 Å². The Balaban J connectivity index is 2.95. The van der Waals surface area contributed by atoms with Crippen LogP contribution in [0.4, 0.5) is 0 Å². The Morgan fingerprint density at radius 2 is 1.86 bits per heavy atom. The summed E-state index contributed by atoms with van der Waals surface area (Å²) in [4.78, 5) is 0. The summed E-state index contributed by atoms with van der Waals surface area (Å²) in [5.41, 5.74) is 0. The summed E-state index contributed by atoms with van der Waals surface area (Å²) in [6, 6.07) is 0. The van der Waals surface area contributed by atoms with Crippen molar-refractivity contribution in [2.45, 2.75) is 17.0 Å². The van der Waals surface area contributed by atoms with E-state index >= 15 is 0 Å². The largest absolute Gasteiger partial charge is 0.166 e. The maximum absolute atomic E-state index is 4.10. The molecule has 0 saturated heterocycles. The van der Waals surface area contributed by atoms with Gasteiger partial charge < -0.3 is 0 Å². The van der Waals surface area contributed by atoms with Crippen LogP contribution >= 0.6 is 36.5 Å². The molecule has 0 saturated carbocycles. The number of hydrogen-bond acceptors (Lipinski definition) is 3. The zero-order chi connectivity index (χ0) is 5.86. The van der Waals surface area contributed by atoms with Gasteiger partial charge in [-0.2, -0.15) is 36.5 Å². The number of rotatable bonds is 2. The van der Waals surface area contributed by atoms with E-state index < -0.39 is 7.95 Å². The molecule has 0 bridgehead atoms. The van der Waals surface area contributed by atoms with Crippen LogP contribution in [0, 0.1) is 0 Å². The lowest BCUT2D eigenvalue weighted by Crippen LogP contribution is -1.95. The van der Waals surface area contributed by atoms with Crippen LogP contribution in [-0.2, 0) is 0 Å². The first-order valence-corrected chi connectivity index (χ1v) is 7.84. The van der Waals surface area contributed by atoms with Crippen LogP contribution in [0.25, 0.3) is 0 Å². The van der Waals surface area contributed by atoms with E-state index in [4.69, 9.17) is 0 Å². The summed E-state index contributed by atoms with van der Waals surface area (Å²) in [6.45, 7) is 4.54. The normalized spacial score (nSPS) is 11.1. The fourth-order valence-corrected chi connectivity index (χ4v) is 6.57. The molecule has 0 nitrogen and oxygen atoms in total. The highest BCUT2D eigenvalue weighted by Crippen LogP contribution is 2.20. The maximum Gasteiger partial charge on any atom is 0.0977 e. The van der Waals surface area contributed by atoms with Gasteiger partial charge in [0.05, 0.1) is 11.9 Å². The molecule has 0 heterocycles. The fourth-order valence-electron chi connectivity index (χ4n) is 0.243. The quantitative estimate of drug-likeness (QED) is 0.362. The first-order valence-electron chi connectivity index (χ1n) is 2.14. The molecule has 0 aromatic rings. The van der Waals surface area contributed by atoms with Crippen LogP contribution < -0.4 is 0 Å². The minimum atomic E-state index is -0.465. The molecule has 0 aliphatic rings. The average molecular weight is 170 g/mol. The van der Waals surface area contributed by atoms with Crippen molar-refractivity contribution in [3.8, 4) is 0 Å². The molecule has 0 N–H and O–H groups in total. The molecule has 0 aromatic heterocycles. The van der Waals surface area contributed by atoms with Crippen LogP contribution in [0.5, 0.6) is 0 Å². The smallest absolute Gasteiger partial charge is 0.0977 e. The summed E-state index contributed by atoms with van der Waals surface area (Å²) < 4.78 is 0.242. The summed E-state index contributed by atoms with van der Waals surface area (Å²) in [5, 5.41) is 0. The van der Waals surface area contributed by atoms with Crippen molar-refractivity contribution in [2.24, 2.45) is 0 Å². The van der Waals surface area contributed by atoms with Crippen LogP contribution in [0.15, 0.2) is 0 Å². The van der Waals surface area contributed by atoms with Crippen LogP contribution in [0.3, 0.4) is 0 Å². The standard InChI is InChI=1S/C3H10S3Si/c1-7(2)6-3(4)5/h3-5,7H,1-2H3. The summed E-state index contributed by atoms with van der Waals surface area (Å²) in [7, 11) is -0.465. The van der Waals surface area contributed by atoms with Crippen molar-refractivity contribution in [1.29, 1.82) is 0 Å². The minimum absolute atomic E-state index is 0.242. The molecule has 0 fully saturated rings. The van der Waals surface area contributed by atoms with E-state index in [1.165, 1.54) is 0 Å². The van der Waals surface area contributed by atoms with Crippen molar-refractivity contribution < 1.29 is 0 Å². The molecule has 0 atom stereocenters. The average Bonchev–Trinajstić information content (AvgIpc) is 1.27. The summed E-state index contributed by atoms with van der Waals surface area (Å²) >= 11 is 10.1. The zero-order valence-electron chi connectivity index (χ0n) is 4.46. The van der Waals surface area contributed by atoms with Crippen molar-refractivity contribution in [3.63, 3.8) is 0 Å². The second-order valence-electron chi connectivity index (χ2n) is 1.51. The van der Waals surface area contributed by atoms with Crippen LogP contribution in [0.1, 0.15) is 0 Å². The highest BCUT2D eigenvalue weighted by Gasteiger charge is 1.98. The van der Waals surface area contributed by atoms with Gasteiger partial charge in [0.15, 0.2) is 0 Å². The third-order valence-corrected chi connectivity index (χ3v) is 5.74. The van der Waals surface area contributed by atoms with Gasteiger partial charge in [0, 0.05) is 0 Å². The Bertz CT molecular complexity index is 39.4. The molecular formula is C3H10S3Si. The molecule has 0 unspecified atom stereocenters. The second kappa shape index (κ2) is 4.18. The lowest BCUT2D eigenvalue weighted by atomic mass is 11.9. The van der Waals surface area contributed by atoms with E-state index in [1.807, 2.05) is 11.2 Å². The minimum Gasteiger partial charge on any atom is -0.166 e. The molecule has 0 spiro atoms. The monoisotopic (exact) mass is 170 g/mol. The third-order valence-electron chi connectivity index (χ3n) is 0.394. The topological polar surface area (TPSA) is 0 Å². The highest BCUT2D eigenvalue weighted by molar-refractivity contribution is 8.37. The van der Waals surface area contributed by atoms with Crippen molar-refractivity contribution in [3.05, 3.63) is 0 Å². The molecule has 0 aromatic carbocycles. The van der Waals surface area contributed by atoms with Gasteiger partial charge in [0.2, 0.25) is 0 Å². The number of hydrogen-bond donors (Lipinski definition) is 2. The zero-order valence-corrected chi connectivity index (χ0v) is 8.22. The summed E-state index contributed by atoms with van der Waals surface area (Å²) in [5.74, 6) is 0. The van der Waals surface area contributed by atoms with Gasteiger partial charge in [-0.1, -0.05) is 13.1 Å². The van der Waals surface area contributed by atoms with Crippen LogP contribution in [0.2, 0.25) is 13.1 Å². The van der Waals surface area contributed by atoms with Gasteiger partial charge in [-0.05, 0) is 0 Å². The molecule has 0 rings (SSSR count). The molecule has 0 aliphatic heterocycles. The Kier molecular flexibility index (Phi) is 4.93.